The fourth-order valence-corrected chi connectivity index (χ4v) is 2.27. The van der Waals surface area contributed by atoms with Crippen LogP contribution in [0.1, 0.15) is 24.2 Å². The Hall–Kier alpha value is -2.09. The maximum absolute atomic E-state index is 4.60. The molecule has 18 heavy (non-hydrogen) atoms. The maximum atomic E-state index is 4.60. The Balaban J connectivity index is 2.11. The van der Waals surface area contributed by atoms with Gasteiger partial charge >= 0.3 is 0 Å². The Morgan fingerprint density at radius 1 is 1.11 bits per heavy atom. The molecule has 1 heterocycles. The Kier molecular flexibility index (Phi) is 2.85. The van der Waals surface area contributed by atoms with Crippen molar-refractivity contribution in [3.05, 3.63) is 66.0 Å². The monoisotopic (exact) mass is 236 g/mol. The lowest BCUT2D eigenvalue weighted by Gasteiger charge is -2.10. The van der Waals surface area contributed by atoms with Crippen molar-refractivity contribution in [1.29, 1.82) is 0 Å². The molecule has 90 valence electrons. The van der Waals surface area contributed by atoms with Crippen molar-refractivity contribution in [2.24, 2.45) is 0 Å². The van der Waals surface area contributed by atoms with Crippen molar-refractivity contribution >= 4 is 5.57 Å². The van der Waals surface area contributed by atoms with Crippen LogP contribution < -0.4 is 0 Å². The largest absolute Gasteiger partial charge is 0.233 e. The lowest BCUT2D eigenvalue weighted by molar-refractivity contribution is 0.850. The lowest BCUT2D eigenvalue weighted by Crippen LogP contribution is -2.01. The van der Waals surface area contributed by atoms with E-state index in [0.29, 0.717) is 0 Å². The van der Waals surface area contributed by atoms with Crippen molar-refractivity contribution < 1.29 is 0 Å². The maximum Gasteiger partial charge on any atom is 0.0740 e. The topological polar surface area (TPSA) is 17.8 Å². The fourth-order valence-electron chi connectivity index (χ4n) is 2.27. The normalized spacial score (nSPS) is 14.6. The standard InChI is InChI=1S/C16H16N2/c1-13-12-16(14-8-4-2-5-9-14)18(17-13)15-10-6-3-7-11-15/h3-4,6-12H,2,5H2,1H3. The Morgan fingerprint density at radius 2 is 1.94 bits per heavy atom. The zero-order valence-corrected chi connectivity index (χ0v) is 10.5. The third-order valence-corrected chi connectivity index (χ3v) is 3.12. The number of aromatic nitrogens is 2. The zero-order chi connectivity index (χ0) is 12.4. The summed E-state index contributed by atoms with van der Waals surface area (Å²) in [6.45, 7) is 2.04. The van der Waals surface area contributed by atoms with Crippen molar-refractivity contribution in [1.82, 2.24) is 9.78 Å². The molecule has 1 aliphatic carbocycles. The molecular weight excluding hydrogens is 220 g/mol. The third-order valence-electron chi connectivity index (χ3n) is 3.12. The predicted molar refractivity (Wildman–Crippen MR) is 74.7 cm³/mol. The molecular formula is C16H16N2. The van der Waals surface area contributed by atoms with Gasteiger partial charge in [-0.15, -0.1) is 0 Å². The summed E-state index contributed by atoms with van der Waals surface area (Å²) in [5, 5.41) is 4.60. The van der Waals surface area contributed by atoms with Gasteiger partial charge in [-0.05, 0) is 43.5 Å². The molecule has 0 spiro atoms. The van der Waals surface area contributed by atoms with Gasteiger partial charge in [-0.25, -0.2) is 4.68 Å². The van der Waals surface area contributed by atoms with Gasteiger partial charge in [-0.1, -0.05) is 36.4 Å². The summed E-state index contributed by atoms with van der Waals surface area (Å²) >= 11 is 0. The fraction of sp³-hybridized carbons (Fsp3) is 0.188. The van der Waals surface area contributed by atoms with E-state index in [1.165, 1.54) is 11.3 Å². The minimum Gasteiger partial charge on any atom is -0.233 e. The number of aryl methyl sites for hydroxylation is 1. The van der Waals surface area contributed by atoms with E-state index in [0.717, 1.165) is 24.2 Å². The van der Waals surface area contributed by atoms with Gasteiger partial charge in [-0.2, -0.15) is 5.10 Å². The van der Waals surface area contributed by atoms with E-state index in [1.807, 2.05) is 29.8 Å². The number of benzene rings is 1. The second kappa shape index (κ2) is 4.65. The van der Waals surface area contributed by atoms with Crippen LogP contribution in [-0.4, -0.2) is 9.78 Å². The Morgan fingerprint density at radius 3 is 2.67 bits per heavy atom. The van der Waals surface area contributed by atoms with Crippen LogP contribution in [0, 0.1) is 6.92 Å². The molecule has 0 atom stereocenters. The first-order valence-electron chi connectivity index (χ1n) is 6.34. The number of allylic oxidation sites excluding steroid dienone is 4. The summed E-state index contributed by atoms with van der Waals surface area (Å²) in [6, 6.07) is 12.4. The van der Waals surface area contributed by atoms with E-state index in [9.17, 15) is 0 Å². The minimum absolute atomic E-state index is 1.05. The molecule has 2 heteroatoms. The number of para-hydroxylation sites is 1. The van der Waals surface area contributed by atoms with Gasteiger partial charge in [0.05, 0.1) is 17.1 Å². The third kappa shape index (κ3) is 2.02. The van der Waals surface area contributed by atoms with Crippen molar-refractivity contribution in [3.63, 3.8) is 0 Å². The molecule has 0 saturated heterocycles. The van der Waals surface area contributed by atoms with Crippen molar-refractivity contribution in [3.8, 4) is 5.69 Å². The predicted octanol–water partition coefficient (Wildman–Crippen LogP) is 3.91. The van der Waals surface area contributed by atoms with E-state index in [4.69, 9.17) is 0 Å². The number of hydrogen-bond acceptors (Lipinski definition) is 1. The lowest BCUT2D eigenvalue weighted by atomic mass is 10.0. The van der Waals surface area contributed by atoms with Crippen LogP contribution in [0.3, 0.4) is 0 Å². The highest BCUT2D eigenvalue weighted by Crippen LogP contribution is 2.24. The average Bonchev–Trinajstić information content (AvgIpc) is 2.83. The van der Waals surface area contributed by atoms with Gasteiger partial charge in [0, 0.05) is 0 Å². The van der Waals surface area contributed by atoms with Gasteiger partial charge in [0.1, 0.15) is 0 Å². The SMILES string of the molecule is Cc1cc(C2=CCCC=C2)n(-c2ccccc2)n1. The van der Waals surface area contributed by atoms with E-state index in [1.54, 1.807) is 0 Å². The van der Waals surface area contributed by atoms with Gasteiger partial charge in [0.2, 0.25) is 0 Å². The first kappa shape index (κ1) is 11.0. The van der Waals surface area contributed by atoms with Crippen molar-refractivity contribution in [2.45, 2.75) is 19.8 Å². The minimum atomic E-state index is 1.05. The molecule has 0 N–H and O–H groups in total. The molecule has 0 bridgehead atoms. The number of hydrogen-bond donors (Lipinski definition) is 0. The molecule has 1 aromatic heterocycles. The molecule has 3 rings (SSSR count). The molecule has 1 aliphatic rings. The summed E-state index contributed by atoms with van der Waals surface area (Å²) < 4.78 is 2.02. The highest BCUT2D eigenvalue weighted by molar-refractivity contribution is 5.74. The van der Waals surface area contributed by atoms with Crippen LogP contribution >= 0.6 is 0 Å². The van der Waals surface area contributed by atoms with Crippen LogP contribution in [0.2, 0.25) is 0 Å². The summed E-state index contributed by atoms with van der Waals surface area (Å²) in [5.74, 6) is 0. The molecule has 0 radical (unpaired) electrons. The second-order valence-electron chi connectivity index (χ2n) is 4.56. The highest BCUT2D eigenvalue weighted by atomic mass is 15.3. The zero-order valence-electron chi connectivity index (χ0n) is 10.5. The number of rotatable bonds is 2. The van der Waals surface area contributed by atoms with Gasteiger partial charge in [-0.3, -0.25) is 0 Å². The van der Waals surface area contributed by atoms with Gasteiger partial charge in [0.15, 0.2) is 0 Å². The highest BCUT2D eigenvalue weighted by Gasteiger charge is 2.11. The smallest absolute Gasteiger partial charge is 0.0740 e. The molecule has 0 fully saturated rings. The quantitative estimate of drug-likeness (QED) is 0.773. The van der Waals surface area contributed by atoms with Crippen LogP contribution in [0.25, 0.3) is 11.3 Å². The van der Waals surface area contributed by atoms with Crippen LogP contribution in [0.4, 0.5) is 0 Å². The summed E-state index contributed by atoms with van der Waals surface area (Å²) in [6.07, 6.45) is 8.97. The molecule has 1 aromatic carbocycles. The Labute approximate surface area is 107 Å². The van der Waals surface area contributed by atoms with Gasteiger partial charge in [0.25, 0.3) is 0 Å². The molecule has 0 amide bonds. The van der Waals surface area contributed by atoms with Crippen LogP contribution in [-0.2, 0) is 0 Å². The average molecular weight is 236 g/mol. The summed E-state index contributed by atoms with van der Waals surface area (Å²) in [5.41, 5.74) is 4.61. The first-order valence-corrected chi connectivity index (χ1v) is 6.34. The second-order valence-corrected chi connectivity index (χ2v) is 4.56. The molecule has 2 nitrogen and oxygen atoms in total. The van der Waals surface area contributed by atoms with E-state index >= 15 is 0 Å². The van der Waals surface area contributed by atoms with Crippen LogP contribution in [0.5, 0.6) is 0 Å². The first-order chi connectivity index (χ1) is 8.84. The number of nitrogens with zero attached hydrogens (tertiary/aromatic N) is 2. The Bertz CT molecular complexity index is 603. The molecule has 2 aromatic rings. The molecule has 0 aliphatic heterocycles. The van der Waals surface area contributed by atoms with Crippen LogP contribution in [0.15, 0.2) is 54.6 Å². The molecule has 0 saturated carbocycles. The molecule has 0 unspecified atom stereocenters. The van der Waals surface area contributed by atoms with Gasteiger partial charge < -0.3 is 0 Å². The van der Waals surface area contributed by atoms with Crippen molar-refractivity contribution in [2.75, 3.05) is 0 Å². The van der Waals surface area contributed by atoms with E-state index < -0.39 is 0 Å². The van der Waals surface area contributed by atoms with E-state index in [2.05, 4.69) is 41.5 Å². The summed E-state index contributed by atoms with van der Waals surface area (Å²) in [7, 11) is 0. The van der Waals surface area contributed by atoms with E-state index in [-0.39, 0.29) is 0 Å². The summed E-state index contributed by atoms with van der Waals surface area (Å²) in [4.78, 5) is 0.